The second-order valence-electron chi connectivity index (χ2n) is 4.85. The van der Waals surface area contributed by atoms with Crippen molar-refractivity contribution in [2.24, 2.45) is 0 Å². The molecule has 0 spiro atoms. The maximum atomic E-state index is 6.05. The van der Waals surface area contributed by atoms with E-state index in [1.54, 1.807) is 18.0 Å². The van der Waals surface area contributed by atoms with Gasteiger partial charge in [0.1, 0.15) is 5.03 Å². The monoisotopic (exact) mass is 258 g/mol. The fraction of sp³-hybridized carbons (Fsp3) is 0.583. The first-order chi connectivity index (χ1) is 7.38. The lowest BCUT2D eigenvalue weighted by Gasteiger charge is -2.23. The Morgan fingerprint density at radius 2 is 2.19 bits per heavy atom. The SMILES string of the molecule is CC(CNC(C)(C)C)Sc1ncccc1Cl. The first-order valence-electron chi connectivity index (χ1n) is 5.41. The minimum Gasteiger partial charge on any atom is -0.311 e. The number of aromatic nitrogens is 1. The molecule has 1 aromatic rings. The highest BCUT2D eigenvalue weighted by Crippen LogP contribution is 2.27. The fourth-order valence-corrected chi connectivity index (χ4v) is 2.25. The molecular formula is C12H19ClN2S. The van der Waals surface area contributed by atoms with Crippen LogP contribution in [-0.4, -0.2) is 22.3 Å². The summed E-state index contributed by atoms with van der Waals surface area (Å²) in [5, 5.41) is 5.56. The van der Waals surface area contributed by atoms with Crippen LogP contribution in [-0.2, 0) is 0 Å². The van der Waals surface area contributed by atoms with Crippen molar-refractivity contribution in [3.8, 4) is 0 Å². The molecule has 0 aliphatic carbocycles. The molecule has 1 rings (SSSR count). The molecule has 90 valence electrons. The molecule has 0 fully saturated rings. The number of nitrogens with zero attached hydrogens (tertiary/aromatic N) is 1. The highest BCUT2D eigenvalue weighted by Gasteiger charge is 2.13. The number of halogens is 1. The summed E-state index contributed by atoms with van der Waals surface area (Å²) in [6.07, 6.45) is 1.78. The van der Waals surface area contributed by atoms with Gasteiger partial charge >= 0.3 is 0 Å². The van der Waals surface area contributed by atoms with E-state index in [2.05, 4.69) is 38.0 Å². The third kappa shape index (κ3) is 5.19. The molecule has 0 aliphatic heterocycles. The molecule has 0 aromatic carbocycles. The molecule has 1 heterocycles. The van der Waals surface area contributed by atoms with Crippen molar-refractivity contribution < 1.29 is 0 Å². The van der Waals surface area contributed by atoms with Crippen molar-refractivity contribution in [1.82, 2.24) is 10.3 Å². The predicted octanol–water partition coefficient (Wildman–Crippen LogP) is 3.60. The standard InChI is InChI=1S/C12H19ClN2S/c1-9(8-15-12(2,3)4)16-11-10(13)6-5-7-14-11/h5-7,9,15H,8H2,1-4H3. The number of hydrogen-bond donors (Lipinski definition) is 1. The lowest BCUT2D eigenvalue weighted by Crippen LogP contribution is -2.39. The molecule has 0 bridgehead atoms. The second-order valence-corrected chi connectivity index (χ2v) is 6.68. The summed E-state index contributed by atoms with van der Waals surface area (Å²) in [5.41, 5.74) is 0.155. The molecule has 1 atom stereocenters. The van der Waals surface area contributed by atoms with Crippen molar-refractivity contribution in [3.05, 3.63) is 23.4 Å². The molecule has 4 heteroatoms. The fourth-order valence-electron chi connectivity index (χ4n) is 1.14. The highest BCUT2D eigenvalue weighted by molar-refractivity contribution is 8.00. The zero-order valence-corrected chi connectivity index (χ0v) is 11.8. The highest BCUT2D eigenvalue weighted by atomic mass is 35.5. The topological polar surface area (TPSA) is 24.9 Å². The molecule has 0 radical (unpaired) electrons. The van der Waals surface area contributed by atoms with Gasteiger partial charge in [-0.1, -0.05) is 18.5 Å². The molecule has 1 unspecified atom stereocenters. The van der Waals surface area contributed by atoms with E-state index in [-0.39, 0.29) is 5.54 Å². The Morgan fingerprint density at radius 3 is 2.75 bits per heavy atom. The van der Waals surface area contributed by atoms with E-state index in [1.807, 2.05) is 12.1 Å². The van der Waals surface area contributed by atoms with Crippen molar-refractivity contribution in [1.29, 1.82) is 0 Å². The molecule has 16 heavy (non-hydrogen) atoms. The third-order valence-corrected chi connectivity index (χ3v) is 3.49. The van der Waals surface area contributed by atoms with Crippen LogP contribution in [0.25, 0.3) is 0 Å². The normalized spacial score (nSPS) is 13.8. The van der Waals surface area contributed by atoms with E-state index in [9.17, 15) is 0 Å². The number of nitrogens with one attached hydrogen (secondary N) is 1. The minimum absolute atomic E-state index is 0.155. The van der Waals surface area contributed by atoms with Gasteiger partial charge in [-0.3, -0.25) is 0 Å². The second kappa shape index (κ2) is 5.89. The Hall–Kier alpha value is -0.250. The van der Waals surface area contributed by atoms with Crippen molar-refractivity contribution in [2.75, 3.05) is 6.54 Å². The summed E-state index contributed by atoms with van der Waals surface area (Å²) in [7, 11) is 0. The number of rotatable bonds is 4. The van der Waals surface area contributed by atoms with Crippen LogP contribution in [0.5, 0.6) is 0 Å². The summed E-state index contributed by atoms with van der Waals surface area (Å²) in [4.78, 5) is 4.27. The third-order valence-electron chi connectivity index (χ3n) is 1.96. The van der Waals surface area contributed by atoms with Gasteiger partial charge in [-0.25, -0.2) is 4.98 Å². The molecular weight excluding hydrogens is 240 g/mol. The van der Waals surface area contributed by atoms with Gasteiger partial charge in [-0.2, -0.15) is 0 Å². The number of hydrogen-bond acceptors (Lipinski definition) is 3. The zero-order valence-electron chi connectivity index (χ0n) is 10.2. The van der Waals surface area contributed by atoms with Gasteiger partial charge in [-0.05, 0) is 32.9 Å². The van der Waals surface area contributed by atoms with Crippen LogP contribution in [0, 0.1) is 0 Å². The van der Waals surface area contributed by atoms with E-state index in [1.165, 1.54) is 0 Å². The Kier molecular flexibility index (Phi) is 5.09. The number of thioether (sulfide) groups is 1. The van der Waals surface area contributed by atoms with E-state index in [4.69, 9.17) is 11.6 Å². The largest absolute Gasteiger partial charge is 0.311 e. The van der Waals surface area contributed by atoms with Crippen molar-refractivity contribution in [3.63, 3.8) is 0 Å². The van der Waals surface area contributed by atoms with Crippen LogP contribution in [0.4, 0.5) is 0 Å². The molecule has 1 N–H and O–H groups in total. The van der Waals surface area contributed by atoms with Gasteiger partial charge in [0.25, 0.3) is 0 Å². The van der Waals surface area contributed by atoms with Crippen LogP contribution < -0.4 is 5.32 Å². The smallest absolute Gasteiger partial charge is 0.115 e. The van der Waals surface area contributed by atoms with Crippen LogP contribution in [0.1, 0.15) is 27.7 Å². The van der Waals surface area contributed by atoms with Gasteiger partial charge in [0.05, 0.1) is 5.02 Å². The summed E-state index contributed by atoms with van der Waals surface area (Å²) < 4.78 is 0. The van der Waals surface area contributed by atoms with Crippen molar-refractivity contribution in [2.45, 2.75) is 43.5 Å². The first kappa shape index (κ1) is 13.8. The summed E-state index contributed by atoms with van der Waals surface area (Å²) in [6, 6.07) is 3.73. The zero-order chi connectivity index (χ0) is 12.2. The quantitative estimate of drug-likeness (QED) is 0.836. The molecule has 0 saturated heterocycles. The maximum absolute atomic E-state index is 6.05. The number of pyridine rings is 1. The molecule has 0 aliphatic rings. The van der Waals surface area contributed by atoms with Gasteiger partial charge in [0, 0.05) is 23.5 Å². The molecule has 2 nitrogen and oxygen atoms in total. The van der Waals surface area contributed by atoms with E-state index >= 15 is 0 Å². The summed E-state index contributed by atoms with van der Waals surface area (Å²) >= 11 is 7.76. The molecule has 0 saturated carbocycles. The Morgan fingerprint density at radius 1 is 1.50 bits per heavy atom. The van der Waals surface area contributed by atoms with Gasteiger partial charge in [0.15, 0.2) is 0 Å². The van der Waals surface area contributed by atoms with Gasteiger partial charge < -0.3 is 5.32 Å². The Balaban J connectivity index is 2.46. The molecule has 0 amide bonds. The Bertz CT molecular complexity index is 336. The lowest BCUT2D eigenvalue weighted by atomic mass is 10.1. The Labute approximate surface area is 107 Å². The van der Waals surface area contributed by atoms with E-state index in [0.29, 0.717) is 5.25 Å². The molecule has 1 aromatic heterocycles. The van der Waals surface area contributed by atoms with Gasteiger partial charge in [-0.15, -0.1) is 11.8 Å². The van der Waals surface area contributed by atoms with Crippen LogP contribution in [0.3, 0.4) is 0 Å². The lowest BCUT2D eigenvalue weighted by molar-refractivity contribution is 0.429. The average molecular weight is 259 g/mol. The van der Waals surface area contributed by atoms with E-state index in [0.717, 1.165) is 16.6 Å². The minimum atomic E-state index is 0.155. The summed E-state index contributed by atoms with van der Waals surface area (Å²) in [5.74, 6) is 0. The average Bonchev–Trinajstić information content (AvgIpc) is 2.18. The summed E-state index contributed by atoms with van der Waals surface area (Å²) in [6.45, 7) is 9.61. The first-order valence-corrected chi connectivity index (χ1v) is 6.66. The van der Waals surface area contributed by atoms with Crippen molar-refractivity contribution >= 4 is 23.4 Å². The van der Waals surface area contributed by atoms with Gasteiger partial charge in [0.2, 0.25) is 0 Å². The van der Waals surface area contributed by atoms with Crippen LogP contribution >= 0.6 is 23.4 Å². The van der Waals surface area contributed by atoms with E-state index < -0.39 is 0 Å². The van der Waals surface area contributed by atoms with Crippen LogP contribution in [0.2, 0.25) is 5.02 Å². The maximum Gasteiger partial charge on any atom is 0.115 e. The predicted molar refractivity (Wildman–Crippen MR) is 72.3 cm³/mol. The van der Waals surface area contributed by atoms with Crippen LogP contribution in [0.15, 0.2) is 23.4 Å².